The summed E-state index contributed by atoms with van der Waals surface area (Å²) in [5, 5.41) is 10.8. The fourth-order valence-corrected chi connectivity index (χ4v) is 1.94. The van der Waals surface area contributed by atoms with Gasteiger partial charge in [-0.15, -0.1) is 0 Å². The molecule has 0 aliphatic heterocycles. The van der Waals surface area contributed by atoms with Crippen LogP contribution in [0.15, 0.2) is 18.3 Å². The number of hydrogen-bond acceptors (Lipinski definition) is 4. The Hall–Kier alpha value is -2.04. The maximum Gasteiger partial charge on any atom is 0.127 e. The van der Waals surface area contributed by atoms with Crippen molar-refractivity contribution in [1.29, 1.82) is 0 Å². The predicted octanol–water partition coefficient (Wildman–Crippen LogP) is 2.09. The highest BCUT2D eigenvalue weighted by molar-refractivity contribution is 5.52. The van der Waals surface area contributed by atoms with Crippen LogP contribution in [0.25, 0.3) is 0 Å². The van der Waals surface area contributed by atoms with Gasteiger partial charge < -0.3 is 10.6 Å². The molecule has 2 aromatic rings. The van der Waals surface area contributed by atoms with Gasteiger partial charge >= 0.3 is 0 Å². The average Bonchev–Trinajstić information content (AvgIpc) is 2.61. The van der Waals surface area contributed by atoms with Crippen molar-refractivity contribution in [2.24, 2.45) is 7.05 Å². The summed E-state index contributed by atoms with van der Waals surface area (Å²) >= 11 is 0. The highest BCUT2D eigenvalue weighted by Crippen LogP contribution is 2.16. The first-order valence-electron chi connectivity index (χ1n) is 5.98. The van der Waals surface area contributed by atoms with Crippen molar-refractivity contribution in [2.45, 2.75) is 20.4 Å². The second-order valence-electron chi connectivity index (χ2n) is 4.31. The fourth-order valence-electron chi connectivity index (χ4n) is 1.94. The lowest BCUT2D eigenvalue weighted by atomic mass is 10.2. The zero-order valence-corrected chi connectivity index (χ0v) is 11.3. The van der Waals surface area contributed by atoms with Gasteiger partial charge in [-0.25, -0.2) is 4.98 Å². The van der Waals surface area contributed by atoms with E-state index in [2.05, 4.69) is 27.6 Å². The van der Waals surface area contributed by atoms with Crippen LogP contribution in [0, 0.1) is 13.8 Å². The van der Waals surface area contributed by atoms with Crippen molar-refractivity contribution in [3.63, 3.8) is 0 Å². The summed E-state index contributed by atoms with van der Waals surface area (Å²) in [5.41, 5.74) is 4.57. The molecule has 2 aromatic heterocycles. The molecule has 0 radical (unpaired) electrons. The van der Waals surface area contributed by atoms with E-state index in [1.54, 1.807) is 6.20 Å². The molecular weight excluding hydrogens is 226 g/mol. The molecule has 0 atom stereocenters. The van der Waals surface area contributed by atoms with Gasteiger partial charge in [-0.1, -0.05) is 0 Å². The monoisotopic (exact) mass is 245 g/mol. The Bertz CT molecular complexity index is 544. The van der Waals surface area contributed by atoms with E-state index in [0.717, 1.165) is 23.7 Å². The van der Waals surface area contributed by atoms with Crippen LogP contribution in [0.3, 0.4) is 0 Å². The Morgan fingerprint density at radius 2 is 2.11 bits per heavy atom. The maximum atomic E-state index is 4.41. The Balaban J connectivity index is 2.11. The first-order valence-corrected chi connectivity index (χ1v) is 5.98. The lowest BCUT2D eigenvalue weighted by Crippen LogP contribution is -2.03. The average molecular weight is 245 g/mol. The van der Waals surface area contributed by atoms with Gasteiger partial charge in [-0.3, -0.25) is 4.68 Å². The molecule has 5 nitrogen and oxygen atoms in total. The quantitative estimate of drug-likeness (QED) is 0.866. The second kappa shape index (κ2) is 5.08. The number of nitrogens with zero attached hydrogens (tertiary/aromatic N) is 3. The summed E-state index contributed by atoms with van der Waals surface area (Å²) in [6.45, 7) is 4.90. The van der Waals surface area contributed by atoms with Crippen LogP contribution in [0.2, 0.25) is 0 Å². The third-order valence-electron chi connectivity index (χ3n) is 3.14. The van der Waals surface area contributed by atoms with Crippen LogP contribution in [0.1, 0.15) is 17.0 Å². The van der Waals surface area contributed by atoms with Crippen LogP contribution in [-0.4, -0.2) is 21.8 Å². The molecule has 0 unspecified atom stereocenters. The van der Waals surface area contributed by atoms with Crippen LogP contribution in [0.5, 0.6) is 0 Å². The largest absolute Gasteiger partial charge is 0.381 e. The minimum absolute atomic E-state index is 0.776. The van der Waals surface area contributed by atoms with Crippen molar-refractivity contribution in [3.8, 4) is 0 Å². The lowest BCUT2D eigenvalue weighted by Gasteiger charge is -2.08. The molecule has 0 saturated heterocycles. The molecule has 0 bridgehead atoms. The van der Waals surface area contributed by atoms with E-state index in [0.29, 0.717) is 0 Å². The first kappa shape index (κ1) is 12.4. The number of nitrogens with one attached hydrogen (secondary N) is 2. The molecule has 0 aromatic carbocycles. The molecule has 5 heteroatoms. The summed E-state index contributed by atoms with van der Waals surface area (Å²) in [7, 11) is 3.83. The molecule has 2 N–H and O–H groups in total. The highest BCUT2D eigenvalue weighted by atomic mass is 15.3. The molecular formula is C13H19N5. The van der Waals surface area contributed by atoms with Gasteiger partial charge in [0.05, 0.1) is 5.69 Å². The summed E-state index contributed by atoms with van der Waals surface area (Å²) in [6.07, 6.45) is 1.79. The summed E-state index contributed by atoms with van der Waals surface area (Å²) in [5.74, 6) is 0.861. The molecule has 0 saturated carbocycles. The van der Waals surface area contributed by atoms with E-state index < -0.39 is 0 Å². The first-order chi connectivity index (χ1) is 8.61. The van der Waals surface area contributed by atoms with E-state index in [4.69, 9.17) is 0 Å². The molecule has 0 spiro atoms. The van der Waals surface area contributed by atoms with Crippen LogP contribution in [-0.2, 0) is 13.6 Å². The van der Waals surface area contributed by atoms with Gasteiger partial charge in [-0.2, -0.15) is 5.10 Å². The van der Waals surface area contributed by atoms with Gasteiger partial charge in [0, 0.05) is 49.8 Å². The summed E-state index contributed by atoms with van der Waals surface area (Å²) in [4.78, 5) is 4.18. The molecule has 2 heterocycles. The molecule has 96 valence electrons. The second-order valence-corrected chi connectivity index (χ2v) is 4.31. The number of aryl methyl sites for hydroxylation is 2. The van der Waals surface area contributed by atoms with Crippen LogP contribution >= 0.6 is 0 Å². The van der Waals surface area contributed by atoms with E-state index >= 15 is 0 Å². The summed E-state index contributed by atoms with van der Waals surface area (Å²) < 4.78 is 1.91. The smallest absolute Gasteiger partial charge is 0.127 e. The van der Waals surface area contributed by atoms with E-state index in [1.807, 2.05) is 37.8 Å². The van der Waals surface area contributed by atoms with E-state index in [9.17, 15) is 0 Å². The lowest BCUT2D eigenvalue weighted by molar-refractivity contribution is 0.730. The van der Waals surface area contributed by atoms with Gasteiger partial charge in [0.15, 0.2) is 0 Å². The van der Waals surface area contributed by atoms with Gasteiger partial charge in [0.2, 0.25) is 0 Å². The maximum absolute atomic E-state index is 4.41. The van der Waals surface area contributed by atoms with Gasteiger partial charge in [0.1, 0.15) is 5.82 Å². The van der Waals surface area contributed by atoms with Crippen molar-refractivity contribution < 1.29 is 0 Å². The number of rotatable bonds is 4. The standard InChI is InChI=1S/C13H19N5/c1-9-12(10(2)18(4)17-9)8-16-11-5-6-15-13(7-11)14-3/h5-7H,8H2,1-4H3,(H2,14,15,16). The SMILES string of the molecule is CNc1cc(NCc2c(C)nn(C)c2C)ccn1. The minimum atomic E-state index is 0.776. The number of hydrogen-bond donors (Lipinski definition) is 2. The van der Waals surface area contributed by atoms with Crippen LogP contribution in [0.4, 0.5) is 11.5 Å². The number of aromatic nitrogens is 3. The third-order valence-corrected chi connectivity index (χ3v) is 3.14. The number of anilines is 2. The fraction of sp³-hybridized carbons (Fsp3) is 0.385. The van der Waals surface area contributed by atoms with Crippen molar-refractivity contribution in [1.82, 2.24) is 14.8 Å². The summed E-state index contributed by atoms with van der Waals surface area (Å²) in [6, 6.07) is 3.95. The van der Waals surface area contributed by atoms with Crippen molar-refractivity contribution >= 4 is 11.5 Å². The zero-order valence-electron chi connectivity index (χ0n) is 11.3. The van der Waals surface area contributed by atoms with Crippen molar-refractivity contribution in [2.75, 3.05) is 17.7 Å². The molecule has 18 heavy (non-hydrogen) atoms. The minimum Gasteiger partial charge on any atom is -0.381 e. The normalized spacial score (nSPS) is 10.4. The van der Waals surface area contributed by atoms with Crippen molar-refractivity contribution in [3.05, 3.63) is 35.3 Å². The Labute approximate surface area is 107 Å². The molecule has 0 amide bonds. The van der Waals surface area contributed by atoms with Gasteiger partial charge in [0.25, 0.3) is 0 Å². The number of pyridine rings is 1. The Kier molecular flexibility index (Phi) is 3.50. The topological polar surface area (TPSA) is 54.8 Å². The molecule has 0 fully saturated rings. The molecule has 2 rings (SSSR count). The van der Waals surface area contributed by atoms with Gasteiger partial charge in [-0.05, 0) is 19.9 Å². The van der Waals surface area contributed by atoms with Crippen LogP contribution < -0.4 is 10.6 Å². The zero-order chi connectivity index (χ0) is 13.1. The predicted molar refractivity (Wildman–Crippen MR) is 73.8 cm³/mol. The molecule has 0 aliphatic carbocycles. The van der Waals surface area contributed by atoms with E-state index in [-0.39, 0.29) is 0 Å². The Morgan fingerprint density at radius 3 is 2.72 bits per heavy atom. The van der Waals surface area contributed by atoms with E-state index in [1.165, 1.54) is 11.3 Å². The Morgan fingerprint density at radius 1 is 1.33 bits per heavy atom. The third kappa shape index (κ3) is 2.45. The molecule has 0 aliphatic rings. The highest BCUT2D eigenvalue weighted by Gasteiger charge is 2.08.